The van der Waals surface area contributed by atoms with Gasteiger partial charge in [-0.25, -0.2) is 4.98 Å². The number of rotatable bonds is 4. The fourth-order valence-electron chi connectivity index (χ4n) is 1.47. The van der Waals surface area contributed by atoms with Crippen molar-refractivity contribution in [2.24, 2.45) is 0 Å². The van der Waals surface area contributed by atoms with Crippen LogP contribution in [0.5, 0.6) is 5.75 Å². The summed E-state index contributed by atoms with van der Waals surface area (Å²) in [5.41, 5.74) is 5.11. The minimum Gasteiger partial charge on any atom is -0.495 e. The van der Waals surface area contributed by atoms with Crippen LogP contribution in [0.1, 0.15) is 11.3 Å². The highest BCUT2D eigenvalue weighted by Crippen LogP contribution is 2.25. The molecule has 0 amide bonds. The fourth-order valence-corrected chi connectivity index (χ4v) is 2.03. The van der Waals surface area contributed by atoms with Crippen molar-refractivity contribution in [3.63, 3.8) is 0 Å². The SMILES string of the molecule is COc1ccc(C)cc1NCc1cscn1. The van der Waals surface area contributed by atoms with Crippen LogP contribution < -0.4 is 10.1 Å². The molecule has 0 aliphatic carbocycles. The maximum atomic E-state index is 5.29. The van der Waals surface area contributed by atoms with Crippen LogP contribution in [0.25, 0.3) is 0 Å². The molecule has 1 aromatic heterocycles. The van der Waals surface area contributed by atoms with Gasteiger partial charge in [0.2, 0.25) is 0 Å². The van der Waals surface area contributed by atoms with Gasteiger partial charge < -0.3 is 10.1 Å². The van der Waals surface area contributed by atoms with Crippen LogP contribution in [0.4, 0.5) is 5.69 Å². The van der Waals surface area contributed by atoms with Gasteiger partial charge in [0, 0.05) is 5.38 Å². The van der Waals surface area contributed by atoms with Gasteiger partial charge in [0.25, 0.3) is 0 Å². The van der Waals surface area contributed by atoms with Crippen molar-refractivity contribution in [1.82, 2.24) is 4.98 Å². The minimum absolute atomic E-state index is 0.726. The lowest BCUT2D eigenvalue weighted by Crippen LogP contribution is -2.01. The van der Waals surface area contributed by atoms with Gasteiger partial charge in [-0.05, 0) is 24.6 Å². The summed E-state index contributed by atoms with van der Waals surface area (Å²) >= 11 is 1.61. The quantitative estimate of drug-likeness (QED) is 0.882. The molecule has 3 nitrogen and oxygen atoms in total. The van der Waals surface area contributed by atoms with Gasteiger partial charge in [0.05, 0.1) is 30.5 Å². The number of aromatic nitrogens is 1. The van der Waals surface area contributed by atoms with E-state index in [1.165, 1.54) is 5.56 Å². The number of nitrogens with one attached hydrogen (secondary N) is 1. The largest absolute Gasteiger partial charge is 0.495 e. The van der Waals surface area contributed by atoms with E-state index in [1.54, 1.807) is 18.4 Å². The predicted molar refractivity (Wildman–Crippen MR) is 67.2 cm³/mol. The summed E-state index contributed by atoms with van der Waals surface area (Å²) in [6.45, 7) is 2.79. The lowest BCUT2D eigenvalue weighted by Gasteiger charge is -2.10. The van der Waals surface area contributed by atoms with E-state index < -0.39 is 0 Å². The Bertz CT molecular complexity index is 454. The first kappa shape index (κ1) is 11.0. The number of anilines is 1. The van der Waals surface area contributed by atoms with E-state index in [4.69, 9.17) is 4.74 Å². The standard InChI is InChI=1S/C12H14N2OS/c1-9-3-4-12(15-2)11(5-9)13-6-10-7-16-8-14-10/h3-5,7-8,13H,6H2,1-2H3. The van der Waals surface area contributed by atoms with Crippen molar-refractivity contribution in [1.29, 1.82) is 0 Å². The number of aryl methyl sites for hydroxylation is 1. The van der Waals surface area contributed by atoms with Crippen LogP contribution in [0.15, 0.2) is 29.1 Å². The molecule has 0 aliphatic rings. The van der Waals surface area contributed by atoms with E-state index >= 15 is 0 Å². The molecule has 0 atom stereocenters. The van der Waals surface area contributed by atoms with Gasteiger partial charge in [0.15, 0.2) is 0 Å². The van der Waals surface area contributed by atoms with Crippen molar-refractivity contribution >= 4 is 17.0 Å². The molecule has 84 valence electrons. The first-order valence-corrected chi connectivity index (χ1v) is 5.99. The lowest BCUT2D eigenvalue weighted by molar-refractivity contribution is 0.416. The van der Waals surface area contributed by atoms with E-state index in [0.29, 0.717) is 0 Å². The molecular weight excluding hydrogens is 220 g/mol. The first-order chi connectivity index (χ1) is 7.79. The van der Waals surface area contributed by atoms with E-state index in [0.717, 1.165) is 23.7 Å². The van der Waals surface area contributed by atoms with E-state index in [9.17, 15) is 0 Å². The molecule has 2 aromatic rings. The summed E-state index contributed by atoms with van der Waals surface area (Å²) in [4.78, 5) is 4.22. The van der Waals surface area contributed by atoms with Crippen LogP contribution in [0.3, 0.4) is 0 Å². The Hall–Kier alpha value is -1.55. The molecule has 0 radical (unpaired) electrons. The fraction of sp³-hybridized carbons (Fsp3) is 0.250. The topological polar surface area (TPSA) is 34.1 Å². The average Bonchev–Trinajstić information content (AvgIpc) is 2.79. The Morgan fingerprint density at radius 1 is 1.44 bits per heavy atom. The third-order valence-corrected chi connectivity index (χ3v) is 2.93. The summed E-state index contributed by atoms with van der Waals surface area (Å²) in [5.74, 6) is 0.862. The Labute approximate surface area is 99.1 Å². The molecule has 4 heteroatoms. The molecule has 0 spiro atoms. The molecule has 0 saturated carbocycles. The van der Waals surface area contributed by atoms with Gasteiger partial charge in [0.1, 0.15) is 5.75 Å². The molecule has 0 fully saturated rings. The van der Waals surface area contributed by atoms with Crippen molar-refractivity contribution in [2.75, 3.05) is 12.4 Å². The Balaban J connectivity index is 2.11. The molecule has 1 N–H and O–H groups in total. The normalized spacial score (nSPS) is 10.1. The molecule has 0 bridgehead atoms. The predicted octanol–water partition coefficient (Wildman–Crippen LogP) is 3.07. The highest BCUT2D eigenvalue weighted by atomic mass is 32.1. The summed E-state index contributed by atoms with van der Waals surface area (Å²) in [6, 6.07) is 6.08. The monoisotopic (exact) mass is 234 g/mol. The van der Waals surface area contributed by atoms with E-state index in [-0.39, 0.29) is 0 Å². The van der Waals surface area contributed by atoms with Crippen LogP contribution in [0.2, 0.25) is 0 Å². The summed E-state index contributed by atoms with van der Waals surface area (Å²) in [6.07, 6.45) is 0. The van der Waals surface area contributed by atoms with Crippen molar-refractivity contribution in [3.05, 3.63) is 40.3 Å². The zero-order valence-electron chi connectivity index (χ0n) is 9.36. The number of hydrogen-bond acceptors (Lipinski definition) is 4. The van der Waals surface area contributed by atoms with Crippen LogP contribution in [-0.2, 0) is 6.54 Å². The van der Waals surface area contributed by atoms with Crippen molar-refractivity contribution < 1.29 is 4.74 Å². The lowest BCUT2D eigenvalue weighted by atomic mass is 10.2. The minimum atomic E-state index is 0.726. The molecule has 16 heavy (non-hydrogen) atoms. The molecule has 2 rings (SSSR count). The van der Waals surface area contributed by atoms with Crippen molar-refractivity contribution in [3.8, 4) is 5.75 Å². The number of methoxy groups -OCH3 is 1. The van der Waals surface area contributed by atoms with Crippen LogP contribution >= 0.6 is 11.3 Å². The Morgan fingerprint density at radius 2 is 2.31 bits per heavy atom. The average molecular weight is 234 g/mol. The Kier molecular flexibility index (Phi) is 3.41. The zero-order chi connectivity index (χ0) is 11.4. The maximum absolute atomic E-state index is 5.29. The second-order valence-corrected chi connectivity index (χ2v) is 4.26. The molecule has 0 saturated heterocycles. The molecule has 1 heterocycles. The first-order valence-electron chi connectivity index (χ1n) is 5.05. The summed E-state index contributed by atoms with van der Waals surface area (Å²) in [7, 11) is 1.68. The number of hydrogen-bond donors (Lipinski definition) is 1. The highest BCUT2D eigenvalue weighted by molar-refractivity contribution is 7.07. The smallest absolute Gasteiger partial charge is 0.141 e. The van der Waals surface area contributed by atoms with Crippen molar-refractivity contribution in [2.45, 2.75) is 13.5 Å². The zero-order valence-corrected chi connectivity index (χ0v) is 10.2. The van der Waals surface area contributed by atoms with E-state index in [2.05, 4.69) is 23.3 Å². The van der Waals surface area contributed by atoms with Gasteiger partial charge in [-0.15, -0.1) is 11.3 Å². The number of benzene rings is 1. The second-order valence-electron chi connectivity index (χ2n) is 3.54. The number of thiazole rings is 1. The third kappa shape index (κ3) is 2.52. The van der Waals surface area contributed by atoms with Crippen LogP contribution in [-0.4, -0.2) is 12.1 Å². The molecule has 1 aromatic carbocycles. The van der Waals surface area contributed by atoms with Gasteiger partial charge >= 0.3 is 0 Å². The second kappa shape index (κ2) is 4.99. The highest BCUT2D eigenvalue weighted by Gasteiger charge is 2.03. The maximum Gasteiger partial charge on any atom is 0.141 e. The summed E-state index contributed by atoms with van der Waals surface area (Å²) < 4.78 is 5.29. The molecule has 0 aliphatic heterocycles. The third-order valence-electron chi connectivity index (χ3n) is 2.30. The Morgan fingerprint density at radius 3 is 3.00 bits per heavy atom. The summed E-state index contributed by atoms with van der Waals surface area (Å²) in [5, 5.41) is 5.36. The van der Waals surface area contributed by atoms with Gasteiger partial charge in [-0.1, -0.05) is 6.07 Å². The molecule has 0 unspecified atom stereocenters. The van der Waals surface area contributed by atoms with Crippen LogP contribution in [0, 0.1) is 6.92 Å². The van der Waals surface area contributed by atoms with Gasteiger partial charge in [-0.3, -0.25) is 0 Å². The molecular formula is C12H14N2OS. The van der Waals surface area contributed by atoms with Gasteiger partial charge in [-0.2, -0.15) is 0 Å². The van der Waals surface area contributed by atoms with E-state index in [1.807, 2.05) is 23.0 Å². The number of nitrogens with zero attached hydrogens (tertiary/aromatic N) is 1. The number of ether oxygens (including phenoxy) is 1.